The molecule has 0 saturated heterocycles. The average Bonchev–Trinajstić information content (AvgIpc) is 2.87. The van der Waals surface area contributed by atoms with Gasteiger partial charge >= 0.3 is 0 Å². The lowest BCUT2D eigenvalue weighted by Gasteiger charge is -2.33. The summed E-state index contributed by atoms with van der Waals surface area (Å²) in [7, 11) is 5.54. The summed E-state index contributed by atoms with van der Waals surface area (Å²) < 4.78 is 5.28. The van der Waals surface area contributed by atoms with Crippen LogP contribution in [0.5, 0.6) is 5.75 Å². The lowest BCUT2D eigenvalue weighted by atomic mass is 10.00. The molecule has 0 fully saturated rings. The number of hydrogen-bond acceptors (Lipinski definition) is 7. The second-order valence-electron chi connectivity index (χ2n) is 9.71. The molecule has 0 aliphatic heterocycles. The fourth-order valence-electron chi connectivity index (χ4n) is 4.10. The Labute approximate surface area is 229 Å². The highest BCUT2D eigenvalue weighted by molar-refractivity contribution is 7.99. The minimum atomic E-state index is -0.682. The van der Waals surface area contributed by atoms with Crippen molar-refractivity contribution in [1.82, 2.24) is 14.9 Å². The van der Waals surface area contributed by atoms with Crippen molar-refractivity contribution in [2.45, 2.75) is 45.4 Å². The van der Waals surface area contributed by atoms with E-state index in [9.17, 15) is 9.59 Å². The first-order chi connectivity index (χ1) is 18.1. The Morgan fingerprint density at radius 2 is 1.58 bits per heavy atom. The van der Waals surface area contributed by atoms with Crippen LogP contribution < -0.4 is 15.0 Å². The van der Waals surface area contributed by atoms with Crippen LogP contribution in [0, 0.1) is 19.8 Å². The zero-order valence-corrected chi connectivity index (χ0v) is 24.0. The van der Waals surface area contributed by atoms with Crippen LogP contribution in [-0.4, -0.2) is 59.7 Å². The molecule has 0 bridgehead atoms. The van der Waals surface area contributed by atoms with E-state index in [1.54, 1.807) is 12.0 Å². The van der Waals surface area contributed by atoms with Crippen LogP contribution in [0.25, 0.3) is 0 Å². The third kappa shape index (κ3) is 7.95. The maximum absolute atomic E-state index is 13.7. The smallest absolute Gasteiger partial charge is 0.247 e. The first kappa shape index (κ1) is 29.0. The summed E-state index contributed by atoms with van der Waals surface area (Å²) in [4.78, 5) is 39.8. The zero-order valence-electron chi connectivity index (χ0n) is 23.2. The fraction of sp³-hybridized carbons (Fsp3) is 0.379. The number of anilines is 2. The Morgan fingerprint density at radius 3 is 2.11 bits per heavy atom. The van der Waals surface area contributed by atoms with Crippen molar-refractivity contribution in [1.29, 1.82) is 0 Å². The van der Waals surface area contributed by atoms with Crippen molar-refractivity contribution in [3.8, 4) is 5.75 Å². The van der Waals surface area contributed by atoms with Gasteiger partial charge in [0.25, 0.3) is 0 Å². The molecule has 0 aliphatic carbocycles. The third-order valence-corrected chi connectivity index (χ3v) is 6.84. The van der Waals surface area contributed by atoms with E-state index in [4.69, 9.17) is 4.74 Å². The monoisotopic (exact) mass is 535 g/mol. The van der Waals surface area contributed by atoms with Gasteiger partial charge in [-0.15, -0.1) is 0 Å². The maximum atomic E-state index is 13.7. The molecule has 38 heavy (non-hydrogen) atoms. The lowest BCUT2D eigenvalue weighted by molar-refractivity contribution is -0.138. The van der Waals surface area contributed by atoms with Crippen LogP contribution in [0.3, 0.4) is 0 Å². The molecule has 0 radical (unpaired) electrons. The van der Waals surface area contributed by atoms with E-state index in [0.29, 0.717) is 10.8 Å². The van der Waals surface area contributed by atoms with E-state index in [1.807, 2.05) is 101 Å². The van der Waals surface area contributed by atoms with E-state index >= 15 is 0 Å². The number of nitrogens with zero attached hydrogens (tertiary/aromatic N) is 4. The van der Waals surface area contributed by atoms with Gasteiger partial charge in [0.2, 0.25) is 11.8 Å². The van der Waals surface area contributed by atoms with Crippen LogP contribution in [0.4, 0.5) is 11.4 Å². The molecule has 1 aromatic heterocycles. The molecule has 9 heteroatoms. The summed E-state index contributed by atoms with van der Waals surface area (Å²) in [5.74, 6) is 0.333. The fourth-order valence-corrected chi connectivity index (χ4v) is 4.94. The molecule has 202 valence electrons. The Balaban J connectivity index is 1.86. The minimum Gasteiger partial charge on any atom is -0.497 e. The Hall–Kier alpha value is -3.59. The number of rotatable bonds is 11. The number of carbonyl (C=O) groups is 2. The molecule has 0 spiro atoms. The second-order valence-corrected chi connectivity index (χ2v) is 10.7. The number of nitrogens with one attached hydrogen (secondary N) is 1. The molecule has 1 N–H and O–H groups in total. The molecule has 0 aliphatic rings. The summed E-state index contributed by atoms with van der Waals surface area (Å²) in [6.07, 6.45) is 0. The van der Waals surface area contributed by atoms with Crippen LogP contribution in [0.15, 0.2) is 59.8 Å². The van der Waals surface area contributed by atoms with Crippen molar-refractivity contribution >= 4 is 35.0 Å². The van der Waals surface area contributed by atoms with Gasteiger partial charge in [0.1, 0.15) is 11.8 Å². The quantitative estimate of drug-likeness (QED) is 0.274. The van der Waals surface area contributed by atoms with Gasteiger partial charge < -0.3 is 19.9 Å². The summed E-state index contributed by atoms with van der Waals surface area (Å²) in [6, 6.07) is 16.4. The van der Waals surface area contributed by atoms with Crippen LogP contribution in [0.1, 0.15) is 30.8 Å². The largest absolute Gasteiger partial charge is 0.497 e. The van der Waals surface area contributed by atoms with Crippen molar-refractivity contribution in [2.24, 2.45) is 5.92 Å². The van der Waals surface area contributed by atoms with Crippen molar-refractivity contribution < 1.29 is 14.3 Å². The number of aryl methyl sites for hydroxylation is 2. The van der Waals surface area contributed by atoms with Crippen LogP contribution in [0.2, 0.25) is 0 Å². The highest BCUT2D eigenvalue weighted by Crippen LogP contribution is 2.23. The number of hydrogen-bond donors (Lipinski definition) is 1. The van der Waals surface area contributed by atoms with Gasteiger partial charge in [-0.2, -0.15) is 0 Å². The number of aromatic nitrogens is 2. The zero-order chi connectivity index (χ0) is 27.8. The van der Waals surface area contributed by atoms with E-state index in [-0.39, 0.29) is 30.0 Å². The molecule has 3 aromatic rings. The predicted molar refractivity (Wildman–Crippen MR) is 154 cm³/mol. The highest BCUT2D eigenvalue weighted by atomic mass is 32.2. The molecule has 2 amide bonds. The first-order valence-electron chi connectivity index (χ1n) is 12.5. The number of ether oxygens (including phenoxy) is 1. The highest BCUT2D eigenvalue weighted by Gasteiger charge is 2.33. The number of thioether (sulfide) groups is 1. The third-order valence-electron chi connectivity index (χ3n) is 6.01. The number of amides is 2. The van der Waals surface area contributed by atoms with Gasteiger partial charge in [-0.1, -0.05) is 37.7 Å². The normalized spacial score (nSPS) is 11.7. The van der Waals surface area contributed by atoms with Gasteiger partial charge in [-0.05, 0) is 67.8 Å². The van der Waals surface area contributed by atoms with Gasteiger partial charge in [-0.3, -0.25) is 9.59 Å². The molecule has 0 saturated carbocycles. The van der Waals surface area contributed by atoms with Crippen LogP contribution in [-0.2, 0) is 16.1 Å². The van der Waals surface area contributed by atoms with E-state index in [2.05, 4.69) is 15.3 Å². The molecule has 2 aromatic carbocycles. The molecule has 3 rings (SSSR count). The van der Waals surface area contributed by atoms with Crippen LogP contribution >= 0.6 is 11.8 Å². The molecule has 8 nitrogen and oxygen atoms in total. The topological polar surface area (TPSA) is 87.7 Å². The molecular weight excluding hydrogens is 498 g/mol. The Kier molecular flexibility index (Phi) is 10.1. The van der Waals surface area contributed by atoms with E-state index < -0.39 is 6.04 Å². The van der Waals surface area contributed by atoms with Crippen molar-refractivity contribution in [2.75, 3.05) is 37.2 Å². The first-order valence-corrected chi connectivity index (χ1v) is 13.5. The second kappa shape index (κ2) is 13.3. The Morgan fingerprint density at radius 1 is 0.974 bits per heavy atom. The number of benzene rings is 2. The Bertz CT molecular complexity index is 1210. The standard InChI is InChI=1S/C29H37N5O3S/c1-19(2)27(28(36)32-23-10-12-24(13-11-23)33(5)6)34(17-22-8-14-25(37-7)15-9-22)26(35)18-38-29-30-20(3)16-21(4)31-29/h8-16,19,27H,17-18H2,1-7H3,(H,32,36). The van der Waals surface area contributed by atoms with E-state index in [1.165, 1.54) is 11.8 Å². The predicted octanol–water partition coefficient (Wildman–Crippen LogP) is 4.95. The molecule has 1 atom stereocenters. The van der Waals surface area contributed by atoms with Gasteiger partial charge in [0.15, 0.2) is 5.16 Å². The molecule has 1 heterocycles. The molecular formula is C29H37N5O3S. The van der Waals surface area contributed by atoms with E-state index in [0.717, 1.165) is 28.4 Å². The summed E-state index contributed by atoms with van der Waals surface area (Å²) in [6.45, 7) is 8.00. The van der Waals surface area contributed by atoms with Crippen molar-refractivity contribution in [3.05, 3.63) is 71.5 Å². The summed E-state index contributed by atoms with van der Waals surface area (Å²) in [5.41, 5.74) is 4.32. The van der Waals surface area contributed by atoms with Gasteiger partial charge in [-0.25, -0.2) is 9.97 Å². The van der Waals surface area contributed by atoms with Crippen molar-refractivity contribution in [3.63, 3.8) is 0 Å². The SMILES string of the molecule is COc1ccc(CN(C(=O)CSc2nc(C)cc(C)n2)C(C(=O)Nc2ccc(N(C)C)cc2)C(C)C)cc1. The maximum Gasteiger partial charge on any atom is 0.247 e. The average molecular weight is 536 g/mol. The summed E-state index contributed by atoms with van der Waals surface area (Å²) in [5, 5.41) is 3.56. The minimum absolute atomic E-state index is 0.118. The molecule has 1 unspecified atom stereocenters. The van der Waals surface area contributed by atoms with Gasteiger partial charge in [0, 0.05) is 43.4 Å². The number of methoxy groups -OCH3 is 1. The summed E-state index contributed by atoms with van der Waals surface area (Å²) >= 11 is 1.28. The lowest BCUT2D eigenvalue weighted by Crippen LogP contribution is -2.50. The van der Waals surface area contributed by atoms with Gasteiger partial charge in [0.05, 0.1) is 12.9 Å². The number of carbonyl (C=O) groups excluding carboxylic acids is 2.